The number of thioether (sulfide) groups is 1. The van der Waals surface area contributed by atoms with E-state index in [1.807, 2.05) is 31.2 Å². The van der Waals surface area contributed by atoms with Crippen LogP contribution in [0.1, 0.15) is 11.1 Å². The molecule has 2 aromatic carbocycles. The molecular weight excluding hydrogens is 377 g/mol. The van der Waals surface area contributed by atoms with Crippen molar-refractivity contribution in [1.29, 1.82) is 0 Å². The molecule has 3 aromatic rings. The molecule has 5 nitrogen and oxygen atoms in total. The van der Waals surface area contributed by atoms with Gasteiger partial charge in [0.25, 0.3) is 0 Å². The molecule has 0 aliphatic carbocycles. The van der Waals surface area contributed by atoms with Crippen molar-refractivity contribution in [3.05, 3.63) is 65.6 Å². The zero-order valence-corrected chi connectivity index (χ0v) is 16.2. The van der Waals surface area contributed by atoms with Crippen molar-refractivity contribution in [3.8, 4) is 0 Å². The van der Waals surface area contributed by atoms with E-state index in [9.17, 15) is 14.0 Å². The second-order valence-corrected chi connectivity index (χ2v) is 7.92. The van der Waals surface area contributed by atoms with Crippen LogP contribution in [0.4, 0.5) is 10.1 Å². The predicted molar refractivity (Wildman–Crippen MR) is 110 cm³/mol. The Balaban J connectivity index is 1.47. The lowest BCUT2D eigenvalue weighted by Crippen LogP contribution is -2.45. The average Bonchev–Trinajstić information content (AvgIpc) is 3.29. The molecule has 1 fully saturated rings. The van der Waals surface area contributed by atoms with Crippen molar-refractivity contribution in [3.63, 3.8) is 0 Å². The third kappa shape index (κ3) is 3.75. The summed E-state index contributed by atoms with van der Waals surface area (Å²) in [5, 5.41) is 3.73. The van der Waals surface area contributed by atoms with Gasteiger partial charge in [0.1, 0.15) is 11.9 Å². The summed E-state index contributed by atoms with van der Waals surface area (Å²) in [7, 11) is 0. The Hall–Kier alpha value is -2.80. The maximum absolute atomic E-state index is 13.4. The van der Waals surface area contributed by atoms with Gasteiger partial charge in [-0.15, -0.1) is 11.8 Å². The van der Waals surface area contributed by atoms with E-state index in [2.05, 4.69) is 10.3 Å². The Morgan fingerprint density at radius 1 is 1.29 bits per heavy atom. The fourth-order valence-corrected chi connectivity index (χ4v) is 4.60. The van der Waals surface area contributed by atoms with E-state index in [1.165, 1.54) is 12.1 Å². The molecule has 144 valence electrons. The lowest BCUT2D eigenvalue weighted by atomic mass is 10.1. The van der Waals surface area contributed by atoms with Crippen LogP contribution in [-0.2, 0) is 16.0 Å². The first kappa shape index (κ1) is 18.6. The third-order valence-corrected chi connectivity index (χ3v) is 5.87. The molecule has 0 radical (unpaired) electrons. The van der Waals surface area contributed by atoms with Crippen LogP contribution >= 0.6 is 11.8 Å². The smallest absolute Gasteiger partial charge is 0.248 e. The van der Waals surface area contributed by atoms with Gasteiger partial charge in [-0.3, -0.25) is 9.59 Å². The van der Waals surface area contributed by atoms with Crippen LogP contribution < -0.4 is 5.32 Å². The highest BCUT2D eigenvalue weighted by Crippen LogP contribution is 2.25. The maximum atomic E-state index is 13.4. The van der Waals surface area contributed by atoms with Crippen LogP contribution in [0.15, 0.2) is 48.7 Å². The molecule has 0 spiro atoms. The second-order valence-electron chi connectivity index (χ2n) is 6.92. The fraction of sp³-hybridized carbons (Fsp3) is 0.238. The summed E-state index contributed by atoms with van der Waals surface area (Å²) in [4.78, 5) is 30.2. The number of nitrogens with one attached hydrogen (secondary N) is 2. The van der Waals surface area contributed by atoms with Crippen molar-refractivity contribution in [2.45, 2.75) is 19.4 Å². The van der Waals surface area contributed by atoms with Gasteiger partial charge in [0.05, 0.1) is 12.3 Å². The number of carbonyl (C=O) groups is 2. The number of hydrogen-bond donors (Lipinski definition) is 2. The SMILES string of the molecule is Cc1cccc(NC(=O)C2CSCN2C(=O)Cc2c[nH]c3cc(F)ccc23)c1. The fourth-order valence-electron chi connectivity index (χ4n) is 3.42. The quantitative estimate of drug-likeness (QED) is 0.706. The van der Waals surface area contributed by atoms with Gasteiger partial charge in [0.15, 0.2) is 0 Å². The number of H-pyrrole nitrogens is 1. The molecule has 1 unspecified atom stereocenters. The number of nitrogens with zero attached hydrogens (tertiary/aromatic N) is 1. The number of fused-ring (bicyclic) bond motifs is 1. The molecule has 1 atom stereocenters. The van der Waals surface area contributed by atoms with Crippen molar-refractivity contribution in [1.82, 2.24) is 9.88 Å². The van der Waals surface area contributed by atoms with Gasteiger partial charge in [0, 0.05) is 28.5 Å². The van der Waals surface area contributed by atoms with E-state index in [0.717, 1.165) is 22.2 Å². The summed E-state index contributed by atoms with van der Waals surface area (Å²) in [6, 6.07) is 11.6. The number of hydrogen-bond acceptors (Lipinski definition) is 3. The second kappa shape index (κ2) is 7.67. The summed E-state index contributed by atoms with van der Waals surface area (Å²) in [5.74, 6) is 0.449. The monoisotopic (exact) mass is 397 g/mol. The number of halogens is 1. The van der Waals surface area contributed by atoms with E-state index in [0.29, 0.717) is 17.1 Å². The van der Waals surface area contributed by atoms with Gasteiger partial charge < -0.3 is 15.2 Å². The van der Waals surface area contributed by atoms with E-state index in [1.54, 1.807) is 28.9 Å². The van der Waals surface area contributed by atoms with Crippen LogP contribution in [0.3, 0.4) is 0 Å². The lowest BCUT2D eigenvalue weighted by molar-refractivity contribution is -0.135. The van der Waals surface area contributed by atoms with E-state index >= 15 is 0 Å². The Labute approximate surface area is 166 Å². The van der Waals surface area contributed by atoms with E-state index < -0.39 is 6.04 Å². The largest absolute Gasteiger partial charge is 0.361 e. The van der Waals surface area contributed by atoms with Gasteiger partial charge in [-0.2, -0.15) is 0 Å². The number of aryl methyl sites for hydroxylation is 1. The minimum absolute atomic E-state index is 0.111. The zero-order chi connectivity index (χ0) is 19.7. The molecule has 0 saturated carbocycles. The molecule has 1 saturated heterocycles. The molecule has 2 amide bonds. The van der Waals surface area contributed by atoms with Crippen LogP contribution in [0.25, 0.3) is 10.9 Å². The van der Waals surface area contributed by atoms with Gasteiger partial charge in [-0.1, -0.05) is 12.1 Å². The third-order valence-electron chi connectivity index (χ3n) is 4.86. The van der Waals surface area contributed by atoms with Gasteiger partial charge in [-0.25, -0.2) is 4.39 Å². The van der Waals surface area contributed by atoms with Crippen molar-refractivity contribution < 1.29 is 14.0 Å². The van der Waals surface area contributed by atoms with Crippen molar-refractivity contribution in [2.24, 2.45) is 0 Å². The minimum atomic E-state index is -0.499. The van der Waals surface area contributed by atoms with Crippen LogP contribution in [0, 0.1) is 12.7 Å². The molecular formula is C21H20FN3O2S. The Kier molecular flexibility index (Phi) is 5.09. The Morgan fingerprint density at radius 3 is 2.96 bits per heavy atom. The van der Waals surface area contributed by atoms with Crippen LogP contribution in [0.5, 0.6) is 0 Å². The van der Waals surface area contributed by atoms with Crippen molar-refractivity contribution >= 4 is 40.2 Å². The molecule has 7 heteroatoms. The van der Waals surface area contributed by atoms with E-state index in [4.69, 9.17) is 0 Å². The Morgan fingerprint density at radius 2 is 2.14 bits per heavy atom. The number of aromatic nitrogens is 1. The molecule has 2 heterocycles. The summed E-state index contributed by atoms with van der Waals surface area (Å²) >= 11 is 1.57. The Bertz CT molecular complexity index is 1050. The molecule has 0 bridgehead atoms. The van der Waals surface area contributed by atoms with Gasteiger partial charge in [0.2, 0.25) is 11.8 Å². The van der Waals surface area contributed by atoms with E-state index in [-0.39, 0.29) is 24.1 Å². The number of anilines is 1. The predicted octanol–water partition coefficient (Wildman–Crippen LogP) is 3.70. The number of aromatic amines is 1. The molecule has 2 N–H and O–H groups in total. The molecule has 1 aliphatic heterocycles. The minimum Gasteiger partial charge on any atom is -0.361 e. The summed E-state index contributed by atoms with van der Waals surface area (Å²) in [6.45, 7) is 1.96. The zero-order valence-electron chi connectivity index (χ0n) is 15.4. The van der Waals surface area contributed by atoms with Gasteiger partial charge in [-0.05, 0) is 48.4 Å². The molecule has 4 rings (SSSR count). The van der Waals surface area contributed by atoms with Crippen LogP contribution in [0.2, 0.25) is 0 Å². The molecule has 28 heavy (non-hydrogen) atoms. The number of carbonyl (C=O) groups excluding carboxylic acids is 2. The summed E-state index contributed by atoms with van der Waals surface area (Å²) < 4.78 is 13.4. The number of amides is 2. The topological polar surface area (TPSA) is 65.2 Å². The normalized spacial score (nSPS) is 16.5. The number of rotatable bonds is 4. The highest BCUT2D eigenvalue weighted by Gasteiger charge is 2.34. The molecule has 1 aromatic heterocycles. The number of benzene rings is 2. The average molecular weight is 397 g/mol. The summed E-state index contributed by atoms with van der Waals surface area (Å²) in [6.07, 6.45) is 1.90. The summed E-state index contributed by atoms with van der Waals surface area (Å²) in [5.41, 5.74) is 3.25. The molecule has 1 aliphatic rings. The van der Waals surface area contributed by atoms with Crippen molar-refractivity contribution in [2.75, 3.05) is 16.9 Å². The first-order chi connectivity index (χ1) is 13.5. The highest BCUT2D eigenvalue weighted by molar-refractivity contribution is 7.99. The highest BCUT2D eigenvalue weighted by atomic mass is 32.2. The lowest BCUT2D eigenvalue weighted by Gasteiger charge is -2.23. The van der Waals surface area contributed by atoms with Crippen LogP contribution in [-0.4, -0.2) is 39.4 Å². The standard InChI is InChI=1S/C21H20FN3O2S/c1-13-3-2-4-16(7-13)24-21(27)19-11-28-12-25(19)20(26)8-14-10-23-18-9-15(22)5-6-17(14)18/h2-7,9-10,19,23H,8,11-12H2,1H3,(H,24,27). The van der Waals surface area contributed by atoms with Gasteiger partial charge >= 0.3 is 0 Å². The maximum Gasteiger partial charge on any atom is 0.248 e. The first-order valence-corrected chi connectivity index (χ1v) is 10.2. The first-order valence-electron chi connectivity index (χ1n) is 9.01.